The van der Waals surface area contributed by atoms with Crippen molar-refractivity contribution in [2.75, 3.05) is 5.88 Å². The molecule has 0 saturated carbocycles. The number of hydrogen-bond acceptors (Lipinski definition) is 2. The lowest BCUT2D eigenvalue weighted by atomic mass is 10.2. The summed E-state index contributed by atoms with van der Waals surface area (Å²) in [5.74, 6) is -0.141. The molecular weight excluding hydrogens is 264 g/mol. The van der Waals surface area contributed by atoms with Gasteiger partial charge in [-0.3, -0.25) is 10.1 Å². The molecule has 0 atom stereocenters. The Labute approximate surface area is 118 Å². The maximum atomic E-state index is 12.0. The highest BCUT2D eigenvalue weighted by Crippen LogP contribution is 2.08. The third-order valence-corrected chi connectivity index (χ3v) is 2.84. The number of carbonyl (C=O) groups excluding carboxylic acids is 2. The number of alkyl halides is 1. The Balaban J connectivity index is 2.67. The van der Waals surface area contributed by atoms with Gasteiger partial charge >= 0.3 is 6.03 Å². The van der Waals surface area contributed by atoms with Crippen LogP contribution in [0.1, 0.15) is 25.8 Å². The molecule has 19 heavy (non-hydrogen) atoms. The number of halogens is 1. The van der Waals surface area contributed by atoms with E-state index in [1.54, 1.807) is 4.90 Å². The first kappa shape index (κ1) is 15.5. The van der Waals surface area contributed by atoms with Crippen molar-refractivity contribution < 1.29 is 9.59 Å². The zero-order chi connectivity index (χ0) is 14.3. The van der Waals surface area contributed by atoms with Gasteiger partial charge in [0, 0.05) is 24.9 Å². The molecule has 0 spiro atoms. The minimum atomic E-state index is -0.381. The van der Waals surface area contributed by atoms with Crippen LogP contribution in [0.3, 0.4) is 0 Å². The molecular formula is C14H19ClN2O2. The second-order valence-electron chi connectivity index (χ2n) is 4.50. The highest BCUT2D eigenvalue weighted by molar-refractivity contribution is 6.19. The van der Waals surface area contributed by atoms with E-state index >= 15 is 0 Å². The number of nitrogens with one attached hydrogen (secondary N) is 1. The molecule has 0 unspecified atom stereocenters. The number of imide groups is 1. The van der Waals surface area contributed by atoms with Gasteiger partial charge in [-0.05, 0) is 19.4 Å². The van der Waals surface area contributed by atoms with Gasteiger partial charge in [0.2, 0.25) is 5.91 Å². The Morgan fingerprint density at radius 2 is 1.89 bits per heavy atom. The van der Waals surface area contributed by atoms with Crippen LogP contribution in [-0.4, -0.2) is 28.8 Å². The molecule has 0 aromatic heterocycles. The number of benzene rings is 1. The maximum absolute atomic E-state index is 12.0. The molecule has 0 bridgehead atoms. The van der Waals surface area contributed by atoms with Crippen molar-refractivity contribution in [2.45, 2.75) is 32.9 Å². The van der Waals surface area contributed by atoms with E-state index in [1.807, 2.05) is 44.2 Å². The average Bonchev–Trinajstić information content (AvgIpc) is 2.36. The highest BCUT2D eigenvalue weighted by Gasteiger charge is 2.19. The SMILES string of the molecule is CC(C)N(Cc1ccccc1)C(=O)NC(=O)CCCl. The second-order valence-corrected chi connectivity index (χ2v) is 4.88. The van der Waals surface area contributed by atoms with Crippen LogP contribution >= 0.6 is 11.6 Å². The Bertz CT molecular complexity index is 421. The number of rotatable bonds is 5. The molecule has 104 valence electrons. The summed E-state index contributed by atoms with van der Waals surface area (Å²) in [6, 6.07) is 9.28. The molecule has 1 aromatic carbocycles. The van der Waals surface area contributed by atoms with Crippen molar-refractivity contribution in [3.05, 3.63) is 35.9 Å². The van der Waals surface area contributed by atoms with Crippen molar-refractivity contribution in [1.82, 2.24) is 10.2 Å². The van der Waals surface area contributed by atoms with Crippen LogP contribution in [-0.2, 0) is 11.3 Å². The molecule has 1 rings (SSSR count). The van der Waals surface area contributed by atoms with E-state index in [4.69, 9.17) is 11.6 Å². The molecule has 5 heteroatoms. The van der Waals surface area contributed by atoms with Crippen molar-refractivity contribution >= 4 is 23.5 Å². The summed E-state index contributed by atoms with van der Waals surface area (Å²) in [5, 5.41) is 2.35. The van der Waals surface area contributed by atoms with Crippen molar-refractivity contribution in [2.24, 2.45) is 0 Å². The monoisotopic (exact) mass is 282 g/mol. The van der Waals surface area contributed by atoms with Crippen LogP contribution in [0.5, 0.6) is 0 Å². The maximum Gasteiger partial charge on any atom is 0.324 e. The van der Waals surface area contributed by atoms with Crippen molar-refractivity contribution in [3.8, 4) is 0 Å². The predicted octanol–water partition coefficient (Wildman–Crippen LogP) is 2.76. The normalized spacial score (nSPS) is 10.3. The Kier molecular flexibility index (Phi) is 6.36. The summed E-state index contributed by atoms with van der Waals surface area (Å²) in [5.41, 5.74) is 1.02. The van der Waals surface area contributed by atoms with E-state index in [0.29, 0.717) is 6.54 Å². The third-order valence-electron chi connectivity index (χ3n) is 2.65. The van der Waals surface area contributed by atoms with Crippen LogP contribution in [0.25, 0.3) is 0 Å². The van der Waals surface area contributed by atoms with E-state index in [1.165, 1.54) is 0 Å². The topological polar surface area (TPSA) is 49.4 Å². The van der Waals surface area contributed by atoms with E-state index in [9.17, 15) is 9.59 Å². The first-order chi connectivity index (χ1) is 9.04. The number of urea groups is 1. The fraction of sp³-hybridized carbons (Fsp3) is 0.429. The average molecular weight is 283 g/mol. The van der Waals surface area contributed by atoms with Crippen LogP contribution in [0.15, 0.2) is 30.3 Å². The summed E-state index contributed by atoms with van der Waals surface area (Å²) >= 11 is 5.47. The molecule has 0 aliphatic heterocycles. The number of carbonyl (C=O) groups is 2. The molecule has 0 aliphatic rings. The van der Waals surface area contributed by atoms with Crippen LogP contribution < -0.4 is 5.32 Å². The summed E-state index contributed by atoms with van der Waals surface area (Å²) in [6.07, 6.45) is 0.143. The molecule has 0 fully saturated rings. The smallest absolute Gasteiger partial charge is 0.318 e. The lowest BCUT2D eigenvalue weighted by Crippen LogP contribution is -2.45. The van der Waals surface area contributed by atoms with Gasteiger partial charge in [-0.1, -0.05) is 30.3 Å². The highest BCUT2D eigenvalue weighted by atomic mass is 35.5. The Morgan fingerprint density at radius 1 is 1.26 bits per heavy atom. The van der Waals surface area contributed by atoms with Crippen molar-refractivity contribution in [1.29, 1.82) is 0 Å². The van der Waals surface area contributed by atoms with E-state index in [2.05, 4.69) is 5.32 Å². The summed E-state index contributed by atoms with van der Waals surface area (Å²) in [4.78, 5) is 25.0. The Morgan fingerprint density at radius 3 is 2.42 bits per heavy atom. The van der Waals surface area contributed by atoms with Gasteiger partial charge in [0.15, 0.2) is 0 Å². The van der Waals surface area contributed by atoms with Gasteiger partial charge in [0.25, 0.3) is 0 Å². The molecule has 0 saturated heterocycles. The van der Waals surface area contributed by atoms with Gasteiger partial charge in [0.1, 0.15) is 0 Å². The fourth-order valence-corrected chi connectivity index (χ4v) is 1.78. The van der Waals surface area contributed by atoms with E-state index in [0.717, 1.165) is 5.56 Å². The Hall–Kier alpha value is -1.55. The van der Waals surface area contributed by atoms with Gasteiger partial charge in [-0.2, -0.15) is 0 Å². The lowest BCUT2D eigenvalue weighted by Gasteiger charge is -2.26. The number of amides is 3. The van der Waals surface area contributed by atoms with Crippen LogP contribution in [0, 0.1) is 0 Å². The molecule has 0 heterocycles. The minimum Gasteiger partial charge on any atom is -0.318 e. The summed E-state index contributed by atoms with van der Waals surface area (Å²) < 4.78 is 0. The zero-order valence-corrected chi connectivity index (χ0v) is 12.0. The number of nitrogens with zero attached hydrogens (tertiary/aromatic N) is 1. The molecule has 4 nitrogen and oxygen atoms in total. The van der Waals surface area contributed by atoms with Crippen LogP contribution in [0.2, 0.25) is 0 Å². The van der Waals surface area contributed by atoms with Crippen LogP contribution in [0.4, 0.5) is 4.79 Å². The van der Waals surface area contributed by atoms with E-state index < -0.39 is 0 Å². The standard InChI is InChI=1S/C14H19ClN2O2/c1-11(2)17(10-12-6-4-3-5-7-12)14(19)16-13(18)8-9-15/h3-7,11H,8-10H2,1-2H3,(H,16,18,19). The second kappa shape index (κ2) is 7.79. The van der Waals surface area contributed by atoms with Gasteiger partial charge < -0.3 is 4.90 Å². The third kappa shape index (κ3) is 5.30. The summed E-state index contributed by atoms with van der Waals surface area (Å²) in [7, 11) is 0. The van der Waals surface area contributed by atoms with Crippen molar-refractivity contribution in [3.63, 3.8) is 0 Å². The molecule has 1 aromatic rings. The molecule has 3 amide bonds. The first-order valence-electron chi connectivity index (χ1n) is 6.25. The predicted molar refractivity (Wildman–Crippen MR) is 76.0 cm³/mol. The largest absolute Gasteiger partial charge is 0.324 e. The fourth-order valence-electron chi connectivity index (χ4n) is 1.61. The quantitative estimate of drug-likeness (QED) is 0.844. The molecule has 1 N–H and O–H groups in total. The zero-order valence-electron chi connectivity index (χ0n) is 11.2. The lowest BCUT2D eigenvalue weighted by molar-refractivity contribution is -0.119. The van der Waals surface area contributed by atoms with Gasteiger partial charge in [-0.15, -0.1) is 11.6 Å². The van der Waals surface area contributed by atoms with Gasteiger partial charge in [-0.25, -0.2) is 4.79 Å². The minimum absolute atomic E-state index is 0.00371. The first-order valence-corrected chi connectivity index (χ1v) is 6.78. The van der Waals surface area contributed by atoms with Gasteiger partial charge in [0.05, 0.1) is 0 Å². The number of hydrogen-bond donors (Lipinski definition) is 1. The van der Waals surface area contributed by atoms with E-state index in [-0.39, 0.29) is 30.3 Å². The summed E-state index contributed by atoms with van der Waals surface area (Å²) in [6.45, 7) is 4.29. The molecule has 0 radical (unpaired) electrons. The molecule has 0 aliphatic carbocycles.